The van der Waals surface area contributed by atoms with Gasteiger partial charge in [0.15, 0.2) is 17.5 Å². The van der Waals surface area contributed by atoms with Gasteiger partial charge in [-0.1, -0.05) is 6.07 Å². The van der Waals surface area contributed by atoms with Crippen molar-refractivity contribution in [2.45, 2.75) is 59.2 Å². The molecule has 1 aromatic carbocycles. The van der Waals surface area contributed by atoms with Gasteiger partial charge in [-0.15, -0.1) is 24.0 Å². The van der Waals surface area contributed by atoms with Crippen molar-refractivity contribution in [1.29, 1.82) is 0 Å². The lowest BCUT2D eigenvalue weighted by Crippen LogP contribution is -2.41. The second-order valence-corrected chi connectivity index (χ2v) is 7.46. The molecule has 2 N–H and O–H groups in total. The SMILES string of the molecule is CN=C(NCCCN(C(C)C)C(C)C)NCc1ccc2c(c1)OCCCO2.I. The van der Waals surface area contributed by atoms with Crippen LogP contribution < -0.4 is 20.1 Å². The first-order valence-corrected chi connectivity index (χ1v) is 10.1. The molecule has 1 aromatic rings. The Bertz CT molecular complexity index is 600. The van der Waals surface area contributed by atoms with Crippen molar-refractivity contribution in [3.8, 4) is 11.5 Å². The summed E-state index contributed by atoms with van der Waals surface area (Å²) in [5.74, 6) is 2.48. The van der Waals surface area contributed by atoms with Crippen LogP contribution in [0.2, 0.25) is 0 Å². The average Bonchev–Trinajstić information content (AvgIpc) is 2.88. The number of fused-ring (bicyclic) bond motifs is 1. The molecule has 1 aliphatic heterocycles. The lowest BCUT2D eigenvalue weighted by atomic mass is 10.2. The number of benzene rings is 1. The summed E-state index contributed by atoms with van der Waals surface area (Å²) >= 11 is 0. The first-order valence-electron chi connectivity index (χ1n) is 10.1. The molecule has 6 nitrogen and oxygen atoms in total. The minimum Gasteiger partial charge on any atom is -0.490 e. The monoisotopic (exact) mass is 504 g/mol. The number of halogens is 1. The van der Waals surface area contributed by atoms with Gasteiger partial charge in [0.25, 0.3) is 0 Å². The van der Waals surface area contributed by atoms with E-state index in [1.807, 2.05) is 12.1 Å². The van der Waals surface area contributed by atoms with Crippen LogP contribution in [0.25, 0.3) is 0 Å². The van der Waals surface area contributed by atoms with Crippen molar-refractivity contribution in [1.82, 2.24) is 15.5 Å². The fourth-order valence-electron chi connectivity index (χ4n) is 3.31. The highest BCUT2D eigenvalue weighted by atomic mass is 127. The van der Waals surface area contributed by atoms with E-state index in [2.05, 4.69) is 54.3 Å². The van der Waals surface area contributed by atoms with Gasteiger partial charge < -0.3 is 20.1 Å². The second-order valence-electron chi connectivity index (χ2n) is 7.46. The molecular formula is C21H37IN4O2. The fourth-order valence-corrected chi connectivity index (χ4v) is 3.31. The Labute approximate surface area is 187 Å². The molecule has 0 unspecified atom stereocenters. The van der Waals surface area contributed by atoms with Crippen LogP contribution in [0.1, 0.15) is 46.1 Å². The van der Waals surface area contributed by atoms with Crippen LogP contribution in [0.3, 0.4) is 0 Å². The zero-order chi connectivity index (χ0) is 19.6. The van der Waals surface area contributed by atoms with Crippen LogP contribution in [0.4, 0.5) is 0 Å². The summed E-state index contributed by atoms with van der Waals surface area (Å²) in [7, 11) is 1.80. The first kappa shape index (κ1) is 24.8. The number of ether oxygens (including phenoxy) is 2. The minimum absolute atomic E-state index is 0. The molecule has 0 aromatic heterocycles. The van der Waals surface area contributed by atoms with Gasteiger partial charge in [-0.3, -0.25) is 9.89 Å². The van der Waals surface area contributed by atoms with Crippen molar-refractivity contribution in [2.75, 3.05) is 33.4 Å². The van der Waals surface area contributed by atoms with Gasteiger partial charge in [0.05, 0.1) is 13.2 Å². The van der Waals surface area contributed by atoms with Crippen molar-refractivity contribution in [2.24, 2.45) is 4.99 Å². The minimum atomic E-state index is 0. The zero-order valence-electron chi connectivity index (χ0n) is 18.0. The van der Waals surface area contributed by atoms with E-state index in [0.717, 1.165) is 49.0 Å². The molecular weight excluding hydrogens is 467 g/mol. The summed E-state index contributed by atoms with van der Waals surface area (Å²) in [6.45, 7) is 13.1. The second kappa shape index (κ2) is 13.1. The first-order chi connectivity index (χ1) is 13.0. The third-order valence-corrected chi connectivity index (χ3v) is 4.71. The third kappa shape index (κ3) is 8.03. The van der Waals surface area contributed by atoms with E-state index in [9.17, 15) is 0 Å². The van der Waals surface area contributed by atoms with Crippen molar-refractivity contribution >= 4 is 29.9 Å². The molecule has 0 fully saturated rings. The van der Waals surface area contributed by atoms with E-state index in [1.54, 1.807) is 7.05 Å². The van der Waals surface area contributed by atoms with Crippen molar-refractivity contribution in [3.05, 3.63) is 23.8 Å². The molecule has 0 saturated heterocycles. The standard InChI is InChI=1S/C21H36N4O2.HI/c1-16(2)25(17(3)4)11-6-10-23-21(22-5)24-15-18-8-9-19-20(14-18)27-13-7-12-26-19;/h8-9,14,16-17H,6-7,10-13,15H2,1-5H3,(H2,22,23,24);1H. The van der Waals surface area contributed by atoms with Crippen molar-refractivity contribution in [3.63, 3.8) is 0 Å². The summed E-state index contributed by atoms with van der Waals surface area (Å²) in [5.41, 5.74) is 1.15. The van der Waals surface area contributed by atoms with Crippen molar-refractivity contribution < 1.29 is 9.47 Å². The van der Waals surface area contributed by atoms with Crippen LogP contribution in [0.5, 0.6) is 11.5 Å². The Hall–Kier alpha value is -1.22. The number of hydrogen-bond donors (Lipinski definition) is 2. The van der Waals surface area contributed by atoms with E-state index < -0.39 is 0 Å². The predicted molar refractivity (Wildman–Crippen MR) is 127 cm³/mol. The van der Waals surface area contributed by atoms with E-state index in [4.69, 9.17) is 9.47 Å². The molecule has 0 aliphatic carbocycles. The van der Waals surface area contributed by atoms with Gasteiger partial charge in [0.1, 0.15) is 0 Å². The van der Waals surface area contributed by atoms with Gasteiger partial charge in [-0.25, -0.2) is 0 Å². The Balaban J connectivity index is 0.00000392. The summed E-state index contributed by atoms with van der Waals surface area (Å²) in [6, 6.07) is 7.24. The van der Waals surface area contributed by atoms with E-state index in [1.165, 1.54) is 0 Å². The smallest absolute Gasteiger partial charge is 0.191 e. The number of nitrogens with zero attached hydrogens (tertiary/aromatic N) is 2. The molecule has 160 valence electrons. The maximum absolute atomic E-state index is 5.76. The van der Waals surface area contributed by atoms with Crippen LogP contribution in [0, 0.1) is 0 Å². The highest BCUT2D eigenvalue weighted by Crippen LogP contribution is 2.30. The van der Waals surface area contributed by atoms with Gasteiger partial charge >= 0.3 is 0 Å². The van der Waals surface area contributed by atoms with Crippen LogP contribution in [-0.4, -0.2) is 56.3 Å². The number of hydrogen-bond acceptors (Lipinski definition) is 4. The Morgan fingerprint density at radius 2 is 1.75 bits per heavy atom. The molecule has 7 heteroatoms. The number of nitrogens with one attached hydrogen (secondary N) is 2. The lowest BCUT2D eigenvalue weighted by Gasteiger charge is -2.30. The Kier molecular flexibility index (Phi) is 11.6. The van der Waals surface area contributed by atoms with Gasteiger partial charge in [-0.05, 0) is 51.8 Å². The molecule has 2 rings (SSSR count). The van der Waals surface area contributed by atoms with Crippen LogP contribution in [0.15, 0.2) is 23.2 Å². The van der Waals surface area contributed by atoms with E-state index >= 15 is 0 Å². The normalized spacial score (nSPS) is 14.1. The maximum Gasteiger partial charge on any atom is 0.191 e. The predicted octanol–water partition coefficient (Wildman–Crippen LogP) is 3.64. The average molecular weight is 504 g/mol. The third-order valence-electron chi connectivity index (χ3n) is 4.71. The molecule has 0 bridgehead atoms. The molecule has 0 amide bonds. The van der Waals surface area contributed by atoms with Crippen LogP contribution >= 0.6 is 24.0 Å². The number of rotatable bonds is 8. The maximum atomic E-state index is 5.76. The summed E-state index contributed by atoms with van der Waals surface area (Å²) in [6.07, 6.45) is 2.00. The molecule has 0 atom stereocenters. The van der Waals surface area contributed by atoms with Gasteiger partial charge in [0, 0.05) is 45.2 Å². The van der Waals surface area contributed by atoms with E-state index in [-0.39, 0.29) is 24.0 Å². The van der Waals surface area contributed by atoms with Crippen LogP contribution in [-0.2, 0) is 6.54 Å². The summed E-state index contributed by atoms with van der Waals surface area (Å²) in [4.78, 5) is 6.83. The molecule has 0 saturated carbocycles. The molecule has 28 heavy (non-hydrogen) atoms. The molecule has 0 radical (unpaired) electrons. The summed E-state index contributed by atoms with van der Waals surface area (Å²) < 4.78 is 11.4. The Morgan fingerprint density at radius 1 is 1.07 bits per heavy atom. The van der Waals surface area contributed by atoms with Gasteiger partial charge in [-0.2, -0.15) is 0 Å². The largest absolute Gasteiger partial charge is 0.490 e. The zero-order valence-corrected chi connectivity index (χ0v) is 20.3. The topological polar surface area (TPSA) is 58.1 Å². The van der Waals surface area contributed by atoms with E-state index in [0.29, 0.717) is 31.8 Å². The Morgan fingerprint density at radius 3 is 2.39 bits per heavy atom. The highest BCUT2D eigenvalue weighted by molar-refractivity contribution is 14.0. The molecule has 0 spiro atoms. The highest BCUT2D eigenvalue weighted by Gasteiger charge is 2.13. The van der Waals surface area contributed by atoms with Gasteiger partial charge in [0.2, 0.25) is 0 Å². The molecule has 1 heterocycles. The molecule has 1 aliphatic rings. The quantitative estimate of drug-likeness (QED) is 0.245. The fraction of sp³-hybridized carbons (Fsp3) is 0.667. The summed E-state index contributed by atoms with van der Waals surface area (Å²) in [5, 5.41) is 6.77. The number of aliphatic imine (C=N–C) groups is 1. The number of guanidine groups is 1. The lowest BCUT2D eigenvalue weighted by molar-refractivity contribution is 0.173.